The van der Waals surface area contributed by atoms with Gasteiger partial charge in [0.05, 0.1) is 7.11 Å². The second-order valence-corrected chi connectivity index (χ2v) is 4.73. The van der Waals surface area contributed by atoms with Gasteiger partial charge in [-0.05, 0) is 19.0 Å². The SMILES string of the molecule is COc1c2c(c(CN)c3c1OCO3)CCN(C)C2. The third-order valence-electron chi connectivity index (χ3n) is 3.68. The highest BCUT2D eigenvalue weighted by Crippen LogP contribution is 2.49. The molecule has 0 fully saturated rings. The van der Waals surface area contributed by atoms with Crippen molar-refractivity contribution in [1.29, 1.82) is 0 Å². The first kappa shape index (κ1) is 11.6. The first-order chi connectivity index (χ1) is 8.76. The molecule has 1 aromatic rings. The minimum absolute atomic E-state index is 0.247. The summed E-state index contributed by atoms with van der Waals surface area (Å²) in [7, 11) is 3.78. The normalized spacial score (nSPS) is 17.7. The minimum Gasteiger partial charge on any atom is -0.492 e. The molecule has 5 heteroatoms. The third-order valence-corrected chi connectivity index (χ3v) is 3.68. The topological polar surface area (TPSA) is 57.0 Å². The van der Waals surface area contributed by atoms with Gasteiger partial charge < -0.3 is 24.8 Å². The zero-order chi connectivity index (χ0) is 12.7. The number of hydrogen-bond donors (Lipinski definition) is 1. The highest BCUT2D eigenvalue weighted by molar-refractivity contribution is 5.65. The van der Waals surface area contributed by atoms with E-state index in [9.17, 15) is 0 Å². The Morgan fingerprint density at radius 2 is 2.06 bits per heavy atom. The van der Waals surface area contributed by atoms with Gasteiger partial charge >= 0.3 is 0 Å². The molecule has 3 rings (SSSR count). The number of nitrogens with two attached hydrogens (primary N) is 1. The fraction of sp³-hybridized carbons (Fsp3) is 0.538. The van der Waals surface area contributed by atoms with Gasteiger partial charge in [-0.3, -0.25) is 0 Å². The molecule has 18 heavy (non-hydrogen) atoms. The van der Waals surface area contributed by atoms with Gasteiger partial charge in [-0.15, -0.1) is 0 Å². The highest BCUT2D eigenvalue weighted by atomic mass is 16.7. The molecule has 0 spiro atoms. The summed E-state index contributed by atoms with van der Waals surface area (Å²) in [6.07, 6.45) is 0.978. The summed E-state index contributed by atoms with van der Waals surface area (Å²) >= 11 is 0. The second kappa shape index (κ2) is 4.33. The Morgan fingerprint density at radius 3 is 2.78 bits per heavy atom. The number of ether oxygens (including phenoxy) is 3. The molecule has 98 valence electrons. The van der Waals surface area contributed by atoms with Crippen molar-refractivity contribution >= 4 is 0 Å². The molecule has 0 aromatic heterocycles. The average Bonchev–Trinajstić information content (AvgIpc) is 2.84. The van der Waals surface area contributed by atoms with Gasteiger partial charge in [-0.2, -0.15) is 0 Å². The molecule has 2 heterocycles. The highest BCUT2D eigenvalue weighted by Gasteiger charge is 2.31. The number of benzene rings is 1. The Hall–Kier alpha value is -1.46. The second-order valence-electron chi connectivity index (χ2n) is 4.73. The van der Waals surface area contributed by atoms with Gasteiger partial charge in [0.2, 0.25) is 12.5 Å². The Labute approximate surface area is 106 Å². The van der Waals surface area contributed by atoms with E-state index in [0.717, 1.165) is 36.6 Å². The first-order valence-corrected chi connectivity index (χ1v) is 6.15. The maximum absolute atomic E-state index is 5.88. The molecule has 5 nitrogen and oxygen atoms in total. The molecule has 0 bridgehead atoms. The predicted octanol–water partition coefficient (Wildman–Crippen LogP) is 0.870. The number of fused-ring (bicyclic) bond motifs is 2. The van der Waals surface area contributed by atoms with Crippen molar-refractivity contribution in [3.05, 3.63) is 16.7 Å². The summed E-state index contributed by atoms with van der Waals surface area (Å²) in [6.45, 7) is 2.62. The molecule has 0 atom stereocenters. The van der Waals surface area contributed by atoms with Crippen LogP contribution in [0.2, 0.25) is 0 Å². The molecular weight excluding hydrogens is 232 g/mol. The van der Waals surface area contributed by atoms with Crippen LogP contribution in [0.5, 0.6) is 17.2 Å². The monoisotopic (exact) mass is 250 g/mol. The Balaban J connectivity index is 2.24. The molecule has 0 aliphatic carbocycles. The van der Waals surface area contributed by atoms with E-state index in [1.165, 1.54) is 11.1 Å². The summed E-state index contributed by atoms with van der Waals surface area (Å²) in [5.74, 6) is 2.30. The lowest BCUT2D eigenvalue weighted by atomic mass is 9.92. The lowest BCUT2D eigenvalue weighted by Gasteiger charge is -2.29. The maximum Gasteiger partial charge on any atom is 0.231 e. The van der Waals surface area contributed by atoms with E-state index in [-0.39, 0.29) is 6.79 Å². The van der Waals surface area contributed by atoms with Crippen LogP contribution in [0.1, 0.15) is 16.7 Å². The van der Waals surface area contributed by atoms with Crippen molar-refractivity contribution in [3.63, 3.8) is 0 Å². The lowest BCUT2D eigenvalue weighted by molar-refractivity contribution is 0.170. The zero-order valence-electron chi connectivity index (χ0n) is 10.8. The van der Waals surface area contributed by atoms with Gasteiger partial charge in [-0.25, -0.2) is 0 Å². The smallest absolute Gasteiger partial charge is 0.231 e. The quantitative estimate of drug-likeness (QED) is 0.844. The number of nitrogens with zero attached hydrogens (tertiary/aromatic N) is 1. The van der Waals surface area contributed by atoms with Crippen molar-refractivity contribution in [2.75, 3.05) is 27.5 Å². The molecule has 2 N–H and O–H groups in total. The van der Waals surface area contributed by atoms with E-state index >= 15 is 0 Å². The van der Waals surface area contributed by atoms with Gasteiger partial charge in [0.15, 0.2) is 11.5 Å². The van der Waals surface area contributed by atoms with E-state index in [1.54, 1.807) is 7.11 Å². The fourth-order valence-corrected chi connectivity index (χ4v) is 2.82. The third kappa shape index (κ3) is 1.54. The minimum atomic E-state index is 0.247. The molecule has 0 saturated heterocycles. The summed E-state index contributed by atoms with van der Waals surface area (Å²) in [6, 6.07) is 0. The molecule has 1 aromatic carbocycles. The Kier molecular flexibility index (Phi) is 2.80. The summed E-state index contributed by atoms with van der Waals surface area (Å²) in [5, 5.41) is 0. The molecule has 0 unspecified atom stereocenters. The van der Waals surface area contributed by atoms with Crippen LogP contribution in [-0.2, 0) is 19.5 Å². The van der Waals surface area contributed by atoms with Crippen LogP contribution in [0.3, 0.4) is 0 Å². The van der Waals surface area contributed by atoms with Gasteiger partial charge in [0, 0.05) is 30.8 Å². The van der Waals surface area contributed by atoms with Crippen molar-refractivity contribution in [3.8, 4) is 17.2 Å². The molecule has 0 amide bonds. The van der Waals surface area contributed by atoms with Crippen LogP contribution in [-0.4, -0.2) is 32.4 Å². The van der Waals surface area contributed by atoms with Crippen LogP contribution in [0, 0.1) is 0 Å². The standard InChI is InChI=1S/C13H18N2O3/c1-15-4-3-8-9(5-14)12-13(18-7-17-12)11(16-2)10(8)6-15/h3-7,14H2,1-2H3. The van der Waals surface area contributed by atoms with E-state index in [4.69, 9.17) is 19.9 Å². The lowest BCUT2D eigenvalue weighted by Crippen LogP contribution is -2.28. The van der Waals surface area contributed by atoms with Gasteiger partial charge in [0.25, 0.3) is 0 Å². The number of hydrogen-bond acceptors (Lipinski definition) is 5. The van der Waals surface area contributed by atoms with Crippen LogP contribution >= 0.6 is 0 Å². The Morgan fingerprint density at radius 1 is 1.28 bits per heavy atom. The molecule has 0 radical (unpaired) electrons. The fourth-order valence-electron chi connectivity index (χ4n) is 2.82. The maximum atomic E-state index is 5.88. The van der Waals surface area contributed by atoms with Crippen LogP contribution in [0.4, 0.5) is 0 Å². The van der Waals surface area contributed by atoms with Crippen LogP contribution in [0.15, 0.2) is 0 Å². The first-order valence-electron chi connectivity index (χ1n) is 6.15. The summed E-state index contributed by atoms with van der Waals surface area (Å²) in [5.41, 5.74) is 9.42. The van der Waals surface area contributed by atoms with Crippen molar-refractivity contribution < 1.29 is 14.2 Å². The van der Waals surface area contributed by atoms with E-state index in [0.29, 0.717) is 12.3 Å². The molecule has 2 aliphatic heterocycles. The van der Waals surface area contributed by atoms with Gasteiger partial charge in [-0.1, -0.05) is 0 Å². The van der Waals surface area contributed by atoms with Gasteiger partial charge in [0.1, 0.15) is 0 Å². The zero-order valence-corrected chi connectivity index (χ0v) is 10.8. The number of methoxy groups -OCH3 is 1. The van der Waals surface area contributed by atoms with E-state index in [2.05, 4.69) is 11.9 Å². The van der Waals surface area contributed by atoms with Crippen molar-refractivity contribution in [2.24, 2.45) is 5.73 Å². The van der Waals surface area contributed by atoms with Crippen LogP contribution < -0.4 is 19.9 Å². The number of rotatable bonds is 2. The van der Waals surface area contributed by atoms with Crippen molar-refractivity contribution in [1.82, 2.24) is 4.90 Å². The molecular formula is C13H18N2O3. The summed E-state index contributed by atoms with van der Waals surface area (Å²) in [4.78, 5) is 2.27. The van der Waals surface area contributed by atoms with Crippen molar-refractivity contribution in [2.45, 2.75) is 19.5 Å². The average molecular weight is 250 g/mol. The number of likely N-dealkylation sites (N-methyl/N-ethyl adjacent to an activating group) is 1. The Bertz CT molecular complexity index is 488. The predicted molar refractivity (Wildman–Crippen MR) is 67.0 cm³/mol. The molecule has 2 aliphatic rings. The van der Waals surface area contributed by atoms with E-state index < -0.39 is 0 Å². The van der Waals surface area contributed by atoms with E-state index in [1.807, 2.05) is 0 Å². The largest absolute Gasteiger partial charge is 0.492 e. The molecule has 0 saturated carbocycles. The summed E-state index contributed by atoms with van der Waals surface area (Å²) < 4.78 is 16.6. The van der Waals surface area contributed by atoms with Crippen LogP contribution in [0.25, 0.3) is 0 Å².